The lowest BCUT2D eigenvalue weighted by Gasteiger charge is -2.23. The largest absolute Gasteiger partial charge is 0.347 e. The maximum absolute atomic E-state index is 15.1. The minimum absolute atomic E-state index is 0.308. The number of rotatable bonds is 4. The average molecular weight is 393 g/mol. The number of anilines is 1. The number of ether oxygens (including phenoxy) is 1. The summed E-state index contributed by atoms with van der Waals surface area (Å²) in [5.74, 6) is -0.576. The molecule has 0 aliphatic carbocycles. The summed E-state index contributed by atoms with van der Waals surface area (Å²) in [6, 6.07) is 14.3. The fraction of sp³-hybridized carbons (Fsp3) is 0.333. The molecule has 3 aromatic rings. The number of nitrogens with one attached hydrogen (secondary N) is 1. The molecule has 1 aliphatic rings. The van der Waals surface area contributed by atoms with E-state index < -0.39 is 23.8 Å². The van der Waals surface area contributed by atoms with Crippen LogP contribution in [0, 0.1) is 17.2 Å². The molecule has 1 N–H and O–H groups in total. The normalized spacial score (nSPS) is 26.3. The van der Waals surface area contributed by atoms with E-state index >= 15 is 4.39 Å². The maximum Gasteiger partial charge on any atom is 0.256 e. The molecular formula is C21H20FN5O2. The van der Waals surface area contributed by atoms with Gasteiger partial charge in [-0.25, -0.2) is 13.9 Å². The smallest absolute Gasteiger partial charge is 0.256 e. The summed E-state index contributed by atoms with van der Waals surface area (Å²) in [6.07, 6.45) is -0.608. The summed E-state index contributed by atoms with van der Waals surface area (Å²) in [6.45, 7) is 3.50. The van der Waals surface area contributed by atoms with Gasteiger partial charge in [0.15, 0.2) is 11.4 Å². The van der Waals surface area contributed by atoms with Crippen LogP contribution >= 0.6 is 0 Å². The van der Waals surface area contributed by atoms with Crippen LogP contribution in [0.25, 0.3) is 5.52 Å². The van der Waals surface area contributed by atoms with E-state index in [0.29, 0.717) is 29.0 Å². The lowest BCUT2D eigenvalue weighted by atomic mass is 9.86. The molecule has 7 nitrogen and oxygen atoms in total. The van der Waals surface area contributed by atoms with Crippen molar-refractivity contribution in [2.24, 2.45) is 5.92 Å². The van der Waals surface area contributed by atoms with Gasteiger partial charge < -0.3 is 10.1 Å². The molecule has 148 valence electrons. The van der Waals surface area contributed by atoms with Gasteiger partial charge in [-0.2, -0.15) is 10.4 Å². The minimum atomic E-state index is -1.36. The topological polar surface area (TPSA) is 92.3 Å². The zero-order valence-electron chi connectivity index (χ0n) is 16.0. The number of alkyl halides is 1. The molecule has 1 fully saturated rings. The third-order valence-electron chi connectivity index (χ3n) is 5.59. The summed E-state index contributed by atoms with van der Waals surface area (Å²) >= 11 is 0. The van der Waals surface area contributed by atoms with Gasteiger partial charge in [-0.1, -0.05) is 32.0 Å². The van der Waals surface area contributed by atoms with E-state index in [0.717, 1.165) is 0 Å². The van der Waals surface area contributed by atoms with Crippen LogP contribution in [0.1, 0.15) is 42.4 Å². The summed E-state index contributed by atoms with van der Waals surface area (Å²) in [5.41, 5.74) is 0.310. The Morgan fingerprint density at radius 3 is 2.76 bits per heavy atom. The number of hydrogen-bond acceptors (Lipinski definition) is 5. The number of aromatic nitrogens is 3. The van der Waals surface area contributed by atoms with E-state index in [4.69, 9.17) is 4.74 Å². The molecule has 0 saturated carbocycles. The number of carbonyl (C=O) groups is 1. The molecule has 2 aromatic heterocycles. The number of hydrogen-bond donors (Lipinski definition) is 1. The van der Waals surface area contributed by atoms with Crippen molar-refractivity contribution < 1.29 is 13.9 Å². The molecule has 1 saturated heterocycles. The van der Waals surface area contributed by atoms with Gasteiger partial charge in [-0.15, -0.1) is 0 Å². The molecule has 3 heterocycles. The van der Waals surface area contributed by atoms with Gasteiger partial charge in [-0.05, 0) is 30.7 Å². The number of halogens is 1. The molecule has 4 rings (SSSR count). The van der Waals surface area contributed by atoms with E-state index in [1.165, 1.54) is 10.8 Å². The lowest BCUT2D eigenvalue weighted by Crippen LogP contribution is -2.33. The third-order valence-corrected chi connectivity index (χ3v) is 5.59. The van der Waals surface area contributed by atoms with E-state index in [2.05, 4.69) is 21.5 Å². The second-order valence-electron chi connectivity index (χ2n) is 7.11. The Labute approximate surface area is 167 Å². The first-order valence-electron chi connectivity index (χ1n) is 9.43. The Morgan fingerprint density at radius 2 is 2.10 bits per heavy atom. The molecule has 4 atom stereocenters. The van der Waals surface area contributed by atoms with E-state index in [9.17, 15) is 10.1 Å². The summed E-state index contributed by atoms with van der Waals surface area (Å²) in [7, 11) is 0. The van der Waals surface area contributed by atoms with Crippen molar-refractivity contribution in [3.05, 3.63) is 60.0 Å². The van der Waals surface area contributed by atoms with Gasteiger partial charge in [0.25, 0.3) is 5.91 Å². The Kier molecular flexibility index (Phi) is 4.76. The van der Waals surface area contributed by atoms with Crippen LogP contribution in [0.4, 0.5) is 10.2 Å². The highest BCUT2D eigenvalue weighted by molar-refractivity contribution is 6.05. The molecule has 0 bridgehead atoms. The molecule has 0 unspecified atom stereocenters. The second-order valence-corrected chi connectivity index (χ2v) is 7.11. The highest BCUT2D eigenvalue weighted by Crippen LogP contribution is 2.47. The van der Waals surface area contributed by atoms with Crippen molar-refractivity contribution in [3.8, 4) is 6.07 Å². The molecule has 0 radical (unpaired) electrons. The molecule has 0 spiro atoms. The number of nitrogens with zero attached hydrogens (tertiary/aromatic N) is 4. The zero-order chi connectivity index (χ0) is 20.6. The van der Waals surface area contributed by atoms with Crippen molar-refractivity contribution >= 4 is 17.2 Å². The van der Waals surface area contributed by atoms with Gasteiger partial charge in [0.2, 0.25) is 0 Å². The van der Waals surface area contributed by atoms with E-state index in [-0.39, 0.29) is 5.91 Å². The highest BCUT2D eigenvalue weighted by Gasteiger charge is 2.54. The van der Waals surface area contributed by atoms with Gasteiger partial charge >= 0.3 is 0 Å². The predicted molar refractivity (Wildman–Crippen MR) is 104 cm³/mol. The third kappa shape index (κ3) is 3.04. The van der Waals surface area contributed by atoms with Gasteiger partial charge in [-0.3, -0.25) is 4.79 Å². The van der Waals surface area contributed by atoms with Gasteiger partial charge in [0.1, 0.15) is 24.1 Å². The van der Waals surface area contributed by atoms with Gasteiger partial charge in [0, 0.05) is 11.5 Å². The summed E-state index contributed by atoms with van der Waals surface area (Å²) in [4.78, 5) is 16.6. The Morgan fingerprint density at radius 1 is 1.34 bits per heavy atom. The molecule has 8 heteroatoms. The van der Waals surface area contributed by atoms with Crippen LogP contribution < -0.4 is 5.32 Å². The molecule has 29 heavy (non-hydrogen) atoms. The minimum Gasteiger partial charge on any atom is -0.347 e. The van der Waals surface area contributed by atoms with E-state index in [1.54, 1.807) is 43.3 Å². The number of nitriles is 1. The van der Waals surface area contributed by atoms with Crippen LogP contribution in [-0.4, -0.2) is 32.3 Å². The fourth-order valence-corrected chi connectivity index (χ4v) is 3.79. The zero-order valence-corrected chi connectivity index (χ0v) is 16.0. The van der Waals surface area contributed by atoms with Crippen LogP contribution in [0.5, 0.6) is 0 Å². The van der Waals surface area contributed by atoms with Crippen LogP contribution in [0.15, 0.2) is 48.8 Å². The molecule has 1 aromatic carbocycles. The van der Waals surface area contributed by atoms with Crippen LogP contribution in [0.2, 0.25) is 0 Å². The fourth-order valence-electron chi connectivity index (χ4n) is 3.79. The first kappa shape index (κ1) is 19.0. The number of fused-ring (bicyclic) bond motifs is 1. The molecule has 1 amide bonds. The maximum atomic E-state index is 15.1. The lowest BCUT2D eigenvalue weighted by molar-refractivity contribution is -0.0255. The van der Waals surface area contributed by atoms with Crippen molar-refractivity contribution in [2.45, 2.75) is 38.1 Å². The van der Waals surface area contributed by atoms with Crippen molar-refractivity contribution in [3.63, 3.8) is 0 Å². The molecular weight excluding hydrogens is 373 g/mol. The Balaban J connectivity index is 1.68. The van der Waals surface area contributed by atoms with Crippen molar-refractivity contribution in [2.75, 3.05) is 5.32 Å². The standard InChI is InChI=1S/C21H20FN5O2/c1-3-21(11-23)13(2)17(22)18(29-21)15-9-10-16-19(24-12-25-27(15)16)26-20(28)14-7-5-4-6-8-14/h4-10,12-13,17-18H,3H2,1-2H3,(H,24,25,26,28)/t13-,17+,18-,21-/m0/s1. The Hall–Kier alpha value is -3.31. The van der Waals surface area contributed by atoms with Crippen LogP contribution in [0.3, 0.4) is 0 Å². The van der Waals surface area contributed by atoms with Gasteiger partial charge in [0.05, 0.1) is 11.8 Å². The number of amides is 1. The molecule has 1 aliphatic heterocycles. The average Bonchev–Trinajstić information content (AvgIpc) is 3.29. The predicted octanol–water partition coefficient (Wildman–Crippen LogP) is 3.70. The quantitative estimate of drug-likeness (QED) is 0.730. The van der Waals surface area contributed by atoms with Crippen LogP contribution in [-0.2, 0) is 4.74 Å². The highest BCUT2D eigenvalue weighted by atomic mass is 19.1. The Bertz CT molecular complexity index is 1090. The summed E-state index contributed by atoms with van der Waals surface area (Å²) < 4.78 is 22.5. The summed E-state index contributed by atoms with van der Waals surface area (Å²) in [5, 5.41) is 16.5. The van der Waals surface area contributed by atoms with Crippen molar-refractivity contribution in [1.82, 2.24) is 14.6 Å². The monoisotopic (exact) mass is 393 g/mol. The first-order valence-corrected chi connectivity index (χ1v) is 9.43. The number of carbonyl (C=O) groups excluding carboxylic acids is 1. The first-order chi connectivity index (χ1) is 14.0. The SMILES string of the molecule is CC[C@@]1(C#N)O[C@@H](c2ccc3c(NC(=O)c4ccccc4)ncnn23)[C@H](F)[C@@H]1C. The van der Waals surface area contributed by atoms with Crippen molar-refractivity contribution in [1.29, 1.82) is 5.26 Å². The number of benzene rings is 1. The van der Waals surface area contributed by atoms with E-state index in [1.807, 2.05) is 13.0 Å². The second kappa shape index (κ2) is 7.26.